The number of nitrogens with zero attached hydrogens (tertiary/aromatic N) is 2. The molecule has 1 aliphatic rings. The highest BCUT2D eigenvalue weighted by Gasteiger charge is 2.33. The summed E-state index contributed by atoms with van der Waals surface area (Å²) in [5, 5.41) is 3.09. The molecule has 2 amide bonds. The van der Waals surface area contributed by atoms with E-state index in [2.05, 4.69) is 5.32 Å². The van der Waals surface area contributed by atoms with Gasteiger partial charge in [-0.25, -0.2) is 8.42 Å². The number of carbonyl (C=O) groups excluding carboxylic acids is 2. The molecule has 1 atom stereocenters. The summed E-state index contributed by atoms with van der Waals surface area (Å²) in [6.45, 7) is 3.34. The molecule has 0 radical (unpaired) electrons. The number of anilines is 1. The van der Waals surface area contributed by atoms with Crippen molar-refractivity contribution in [2.45, 2.75) is 63.1 Å². The van der Waals surface area contributed by atoms with Gasteiger partial charge in [0.15, 0.2) is 0 Å². The van der Waals surface area contributed by atoms with Crippen LogP contribution < -0.4 is 14.4 Å². The van der Waals surface area contributed by atoms with Crippen LogP contribution in [0.15, 0.2) is 83.8 Å². The molecular formula is C31H37N3O5S. The monoisotopic (exact) mass is 563 g/mol. The minimum Gasteiger partial charge on any atom is -0.497 e. The van der Waals surface area contributed by atoms with Gasteiger partial charge >= 0.3 is 0 Å². The molecule has 1 N–H and O–H groups in total. The second kappa shape index (κ2) is 13.0. The Labute approximate surface area is 237 Å². The summed E-state index contributed by atoms with van der Waals surface area (Å²) in [6, 6.07) is 21.5. The lowest BCUT2D eigenvalue weighted by Crippen LogP contribution is -2.52. The minimum absolute atomic E-state index is 0.0658. The number of aryl methyl sites for hydroxylation is 1. The fraction of sp³-hybridized carbons (Fsp3) is 0.355. The third-order valence-corrected chi connectivity index (χ3v) is 9.23. The topological polar surface area (TPSA) is 96.0 Å². The Morgan fingerprint density at radius 1 is 0.950 bits per heavy atom. The van der Waals surface area contributed by atoms with E-state index >= 15 is 0 Å². The first kappa shape index (κ1) is 29.1. The van der Waals surface area contributed by atoms with E-state index in [0.717, 1.165) is 41.1 Å². The number of benzene rings is 3. The summed E-state index contributed by atoms with van der Waals surface area (Å²) in [4.78, 5) is 28.9. The van der Waals surface area contributed by atoms with Gasteiger partial charge in [0.05, 0.1) is 17.7 Å². The highest BCUT2D eigenvalue weighted by molar-refractivity contribution is 7.92. The van der Waals surface area contributed by atoms with Crippen molar-refractivity contribution in [3.63, 3.8) is 0 Å². The van der Waals surface area contributed by atoms with Crippen molar-refractivity contribution >= 4 is 27.5 Å². The van der Waals surface area contributed by atoms with Crippen molar-refractivity contribution in [3.8, 4) is 5.75 Å². The van der Waals surface area contributed by atoms with Gasteiger partial charge in [0, 0.05) is 12.6 Å². The van der Waals surface area contributed by atoms with Crippen LogP contribution in [0, 0.1) is 6.92 Å². The first-order valence-corrected chi connectivity index (χ1v) is 15.0. The molecule has 0 unspecified atom stereocenters. The van der Waals surface area contributed by atoms with E-state index in [-0.39, 0.29) is 23.4 Å². The fourth-order valence-corrected chi connectivity index (χ4v) is 6.38. The number of sulfonamides is 1. The second-order valence-electron chi connectivity index (χ2n) is 10.1. The summed E-state index contributed by atoms with van der Waals surface area (Å²) in [5.74, 6) is -0.158. The first-order valence-electron chi connectivity index (χ1n) is 13.6. The molecular weight excluding hydrogens is 526 g/mol. The van der Waals surface area contributed by atoms with E-state index in [1.165, 1.54) is 24.1 Å². The first-order chi connectivity index (χ1) is 19.2. The maximum Gasteiger partial charge on any atom is 0.264 e. The zero-order valence-corrected chi connectivity index (χ0v) is 24.1. The van der Waals surface area contributed by atoms with Gasteiger partial charge in [-0.2, -0.15) is 0 Å². The number of hydrogen-bond donors (Lipinski definition) is 1. The molecule has 9 heteroatoms. The summed E-state index contributed by atoms with van der Waals surface area (Å²) >= 11 is 0. The Balaban J connectivity index is 1.68. The van der Waals surface area contributed by atoms with Crippen molar-refractivity contribution in [1.29, 1.82) is 0 Å². The third-order valence-electron chi connectivity index (χ3n) is 7.44. The van der Waals surface area contributed by atoms with E-state index in [0.29, 0.717) is 11.4 Å². The van der Waals surface area contributed by atoms with E-state index in [9.17, 15) is 18.0 Å². The summed E-state index contributed by atoms with van der Waals surface area (Å²) in [7, 11) is -2.58. The number of hydrogen-bond acceptors (Lipinski definition) is 5. The molecule has 3 aromatic rings. The van der Waals surface area contributed by atoms with Gasteiger partial charge in [0.1, 0.15) is 18.3 Å². The van der Waals surface area contributed by atoms with Crippen LogP contribution in [0.2, 0.25) is 0 Å². The van der Waals surface area contributed by atoms with Crippen molar-refractivity contribution < 1.29 is 22.7 Å². The predicted octanol–water partition coefficient (Wildman–Crippen LogP) is 4.68. The minimum atomic E-state index is -4.10. The average molecular weight is 564 g/mol. The average Bonchev–Trinajstić information content (AvgIpc) is 3.48. The van der Waals surface area contributed by atoms with Crippen LogP contribution in [0.1, 0.15) is 43.7 Å². The number of nitrogens with one attached hydrogen (secondary N) is 1. The lowest BCUT2D eigenvalue weighted by Gasteiger charge is -2.32. The number of rotatable bonds is 11. The standard InChI is InChI=1S/C31H37N3O5S/c1-23-11-7-8-12-25(23)21-33(24(2)31(36)32-26-13-9-10-14-26)30(35)22-34(27-17-19-28(39-3)20-18-27)40(37,38)29-15-5-4-6-16-29/h4-8,11-12,15-20,24,26H,9-10,13-14,21-22H2,1-3H3,(H,32,36)/t24-/m0/s1. The lowest BCUT2D eigenvalue weighted by atomic mass is 10.1. The molecule has 1 aliphatic carbocycles. The van der Waals surface area contributed by atoms with E-state index < -0.39 is 28.5 Å². The summed E-state index contributed by atoms with van der Waals surface area (Å²) in [6.07, 6.45) is 3.98. The van der Waals surface area contributed by atoms with E-state index in [4.69, 9.17) is 4.74 Å². The Hall–Kier alpha value is -3.85. The molecule has 0 aromatic heterocycles. The lowest BCUT2D eigenvalue weighted by molar-refractivity contribution is -0.139. The van der Waals surface area contributed by atoms with Crippen LogP contribution in [-0.2, 0) is 26.2 Å². The van der Waals surface area contributed by atoms with Gasteiger partial charge in [0.2, 0.25) is 11.8 Å². The Morgan fingerprint density at radius 2 is 1.57 bits per heavy atom. The smallest absolute Gasteiger partial charge is 0.264 e. The van der Waals surface area contributed by atoms with Crippen LogP contribution >= 0.6 is 0 Å². The number of ether oxygens (including phenoxy) is 1. The Kier molecular flexibility index (Phi) is 9.47. The SMILES string of the molecule is COc1ccc(N(CC(=O)N(Cc2ccccc2C)[C@@H](C)C(=O)NC2CCCC2)S(=O)(=O)c2ccccc2)cc1. The Bertz CT molecular complexity index is 1400. The van der Waals surface area contributed by atoms with Crippen LogP contribution in [-0.4, -0.2) is 50.9 Å². The quantitative estimate of drug-likeness (QED) is 0.366. The third kappa shape index (κ3) is 6.83. The molecule has 4 rings (SSSR count). The normalized spacial score (nSPS) is 14.4. The van der Waals surface area contributed by atoms with Gasteiger partial charge in [-0.05, 0) is 74.2 Å². The maximum atomic E-state index is 14.0. The van der Waals surface area contributed by atoms with E-state index in [1.54, 1.807) is 49.4 Å². The van der Waals surface area contributed by atoms with Crippen LogP contribution in [0.25, 0.3) is 0 Å². The molecule has 1 fully saturated rings. The van der Waals surface area contributed by atoms with Crippen LogP contribution in [0.5, 0.6) is 5.75 Å². The van der Waals surface area contributed by atoms with Crippen molar-refractivity contribution in [2.75, 3.05) is 18.0 Å². The highest BCUT2D eigenvalue weighted by Crippen LogP contribution is 2.27. The second-order valence-corrected chi connectivity index (χ2v) is 12.0. The maximum absolute atomic E-state index is 14.0. The summed E-state index contributed by atoms with van der Waals surface area (Å²) < 4.78 is 34.0. The van der Waals surface area contributed by atoms with Crippen molar-refractivity contribution in [3.05, 3.63) is 90.0 Å². The van der Waals surface area contributed by atoms with Crippen LogP contribution in [0.4, 0.5) is 5.69 Å². The van der Waals surface area contributed by atoms with Gasteiger partial charge in [0.25, 0.3) is 10.0 Å². The molecule has 212 valence electrons. The number of amides is 2. The molecule has 0 spiro atoms. The van der Waals surface area contributed by atoms with Crippen molar-refractivity contribution in [1.82, 2.24) is 10.2 Å². The number of methoxy groups -OCH3 is 1. The van der Waals surface area contributed by atoms with Crippen molar-refractivity contribution in [2.24, 2.45) is 0 Å². The molecule has 1 saturated carbocycles. The van der Waals surface area contributed by atoms with E-state index in [1.807, 2.05) is 31.2 Å². The van der Waals surface area contributed by atoms with Gasteiger partial charge in [-0.3, -0.25) is 13.9 Å². The summed E-state index contributed by atoms with van der Waals surface area (Å²) in [5.41, 5.74) is 2.18. The molecule has 40 heavy (non-hydrogen) atoms. The zero-order valence-electron chi connectivity index (χ0n) is 23.2. The highest BCUT2D eigenvalue weighted by atomic mass is 32.2. The molecule has 0 heterocycles. The van der Waals surface area contributed by atoms with Crippen LogP contribution in [0.3, 0.4) is 0 Å². The molecule has 8 nitrogen and oxygen atoms in total. The van der Waals surface area contributed by atoms with Gasteiger partial charge < -0.3 is 15.0 Å². The fourth-order valence-electron chi connectivity index (χ4n) is 4.94. The molecule has 0 bridgehead atoms. The molecule has 0 saturated heterocycles. The molecule has 3 aromatic carbocycles. The predicted molar refractivity (Wildman–Crippen MR) is 156 cm³/mol. The largest absolute Gasteiger partial charge is 0.497 e. The molecule has 0 aliphatic heterocycles. The van der Waals surface area contributed by atoms with Gasteiger partial charge in [-0.1, -0.05) is 55.3 Å². The van der Waals surface area contributed by atoms with Gasteiger partial charge in [-0.15, -0.1) is 0 Å². The number of carbonyl (C=O) groups is 2. The zero-order chi connectivity index (χ0) is 28.7. The Morgan fingerprint density at radius 3 is 2.20 bits per heavy atom.